The minimum absolute atomic E-state index is 0.00958. The van der Waals surface area contributed by atoms with Gasteiger partial charge in [-0.2, -0.15) is 0 Å². The fraction of sp³-hybridized carbons (Fsp3) is 0.333. The van der Waals surface area contributed by atoms with Gasteiger partial charge in [-0.05, 0) is 22.8 Å². The monoisotopic (exact) mass is 537 g/mol. The number of benzene rings is 3. The summed E-state index contributed by atoms with van der Waals surface area (Å²) < 4.78 is 44.6. The maximum Gasteiger partial charge on any atom is 0.326 e. The standard InChI is InChI=1S/C30H29F2NO6/c1-37-25-13-12-21-17-33(24(29(35)36)14-23(21)27(25)38-18-19-8-4-2-5-9-19)28(34)26(20-10-6-3-7-11-20)39-22-15-30(31,32)16-22/h2-13,22,24,26H,14-18H2,1H3,(H,35,36)/t24-,26-/m1/s1. The number of hydrogen-bond acceptors (Lipinski definition) is 5. The molecule has 0 bridgehead atoms. The van der Waals surface area contributed by atoms with Gasteiger partial charge in [-0.3, -0.25) is 4.79 Å². The molecular weight excluding hydrogens is 508 g/mol. The highest BCUT2D eigenvalue weighted by Crippen LogP contribution is 2.43. The van der Waals surface area contributed by atoms with E-state index in [-0.39, 0.29) is 19.6 Å². The molecule has 1 N–H and O–H groups in total. The van der Waals surface area contributed by atoms with Crippen LogP contribution >= 0.6 is 0 Å². The molecule has 9 heteroatoms. The van der Waals surface area contributed by atoms with Crippen molar-refractivity contribution in [3.8, 4) is 11.5 Å². The van der Waals surface area contributed by atoms with Crippen molar-refractivity contribution in [2.75, 3.05) is 7.11 Å². The van der Waals surface area contributed by atoms with Gasteiger partial charge in [-0.25, -0.2) is 13.6 Å². The van der Waals surface area contributed by atoms with Crippen LogP contribution in [0.5, 0.6) is 11.5 Å². The first-order chi connectivity index (χ1) is 18.8. The van der Waals surface area contributed by atoms with E-state index >= 15 is 0 Å². The van der Waals surface area contributed by atoms with Gasteiger partial charge in [0.2, 0.25) is 0 Å². The Kier molecular flexibility index (Phi) is 7.52. The third-order valence-electron chi connectivity index (χ3n) is 7.16. The van der Waals surface area contributed by atoms with Gasteiger partial charge in [0, 0.05) is 31.4 Å². The largest absolute Gasteiger partial charge is 0.493 e. The molecule has 0 unspecified atom stereocenters. The number of amides is 1. The van der Waals surface area contributed by atoms with Crippen molar-refractivity contribution in [1.82, 2.24) is 4.90 Å². The molecule has 1 heterocycles. The Labute approximate surface area is 224 Å². The molecule has 1 aliphatic heterocycles. The van der Waals surface area contributed by atoms with Crippen molar-refractivity contribution in [1.29, 1.82) is 0 Å². The average Bonchev–Trinajstić information content (AvgIpc) is 2.93. The quantitative estimate of drug-likeness (QED) is 0.406. The highest BCUT2D eigenvalue weighted by atomic mass is 19.3. The van der Waals surface area contributed by atoms with Gasteiger partial charge in [0.25, 0.3) is 11.8 Å². The Bertz CT molecular complexity index is 1330. The molecule has 2 atom stereocenters. The molecule has 5 rings (SSSR count). The fourth-order valence-electron chi connectivity index (χ4n) is 5.07. The zero-order valence-corrected chi connectivity index (χ0v) is 21.4. The topological polar surface area (TPSA) is 85.3 Å². The first-order valence-corrected chi connectivity index (χ1v) is 12.7. The summed E-state index contributed by atoms with van der Waals surface area (Å²) in [7, 11) is 1.51. The van der Waals surface area contributed by atoms with E-state index in [4.69, 9.17) is 14.2 Å². The molecule has 39 heavy (non-hydrogen) atoms. The molecular formula is C30H29F2NO6. The van der Waals surface area contributed by atoms with Crippen LogP contribution in [0.1, 0.15) is 41.2 Å². The number of carbonyl (C=O) groups is 2. The van der Waals surface area contributed by atoms with E-state index < -0.39 is 48.9 Å². The van der Waals surface area contributed by atoms with Crippen molar-refractivity contribution in [2.45, 2.75) is 56.6 Å². The zero-order valence-electron chi connectivity index (χ0n) is 21.4. The van der Waals surface area contributed by atoms with Gasteiger partial charge in [0.15, 0.2) is 17.6 Å². The number of hydrogen-bond donors (Lipinski definition) is 1. The molecule has 0 spiro atoms. The third-order valence-corrected chi connectivity index (χ3v) is 7.16. The molecule has 3 aromatic rings. The lowest BCUT2D eigenvalue weighted by molar-refractivity contribution is -0.193. The van der Waals surface area contributed by atoms with Gasteiger partial charge < -0.3 is 24.2 Å². The Morgan fingerprint density at radius 2 is 1.69 bits per heavy atom. The van der Waals surface area contributed by atoms with Gasteiger partial charge in [-0.1, -0.05) is 66.7 Å². The zero-order chi connectivity index (χ0) is 27.6. The van der Waals surface area contributed by atoms with Crippen LogP contribution in [0.2, 0.25) is 0 Å². The Morgan fingerprint density at radius 1 is 1.03 bits per heavy atom. The highest BCUT2D eigenvalue weighted by molar-refractivity contribution is 5.88. The third kappa shape index (κ3) is 5.73. The van der Waals surface area contributed by atoms with Crippen LogP contribution in [0.15, 0.2) is 72.8 Å². The number of methoxy groups -OCH3 is 1. The number of aliphatic carboxylic acids is 1. The molecule has 1 fully saturated rings. The molecule has 204 valence electrons. The van der Waals surface area contributed by atoms with Crippen molar-refractivity contribution in [2.24, 2.45) is 0 Å². The van der Waals surface area contributed by atoms with Crippen molar-refractivity contribution < 1.29 is 37.7 Å². The van der Waals surface area contributed by atoms with E-state index in [9.17, 15) is 23.5 Å². The van der Waals surface area contributed by atoms with E-state index in [1.54, 1.807) is 42.5 Å². The maximum atomic E-state index is 13.9. The van der Waals surface area contributed by atoms with Crippen molar-refractivity contribution in [3.05, 3.63) is 95.1 Å². The lowest BCUT2D eigenvalue weighted by Gasteiger charge is -2.40. The lowest BCUT2D eigenvalue weighted by atomic mass is 9.90. The number of fused-ring (bicyclic) bond motifs is 1. The molecule has 1 amide bonds. The number of carboxylic acid groups (broad SMARTS) is 1. The van der Waals surface area contributed by atoms with E-state index in [2.05, 4.69) is 0 Å². The van der Waals surface area contributed by atoms with E-state index in [0.717, 1.165) is 5.56 Å². The van der Waals surface area contributed by atoms with E-state index in [0.29, 0.717) is 28.2 Å². The molecule has 0 radical (unpaired) electrons. The average molecular weight is 538 g/mol. The number of rotatable bonds is 9. The number of alkyl halides is 2. The van der Waals surface area contributed by atoms with Crippen LogP contribution < -0.4 is 9.47 Å². The number of halogens is 2. The number of carbonyl (C=O) groups excluding carboxylic acids is 1. The molecule has 1 saturated carbocycles. The number of ether oxygens (including phenoxy) is 3. The Balaban J connectivity index is 1.45. The second kappa shape index (κ2) is 11.0. The Hall–Kier alpha value is -3.98. The van der Waals surface area contributed by atoms with Crippen LogP contribution in [-0.2, 0) is 33.9 Å². The van der Waals surface area contributed by atoms with Gasteiger partial charge in [0.05, 0.1) is 13.2 Å². The smallest absolute Gasteiger partial charge is 0.326 e. The second-order valence-corrected chi connectivity index (χ2v) is 9.85. The van der Waals surface area contributed by atoms with Gasteiger partial charge >= 0.3 is 5.97 Å². The van der Waals surface area contributed by atoms with E-state index in [1.807, 2.05) is 30.3 Å². The summed E-state index contributed by atoms with van der Waals surface area (Å²) in [5, 5.41) is 10.2. The summed E-state index contributed by atoms with van der Waals surface area (Å²) in [6, 6.07) is 20.4. The van der Waals surface area contributed by atoms with Crippen molar-refractivity contribution >= 4 is 11.9 Å². The molecule has 3 aromatic carbocycles. The van der Waals surface area contributed by atoms with E-state index in [1.165, 1.54) is 12.0 Å². The predicted octanol–water partition coefficient (Wildman–Crippen LogP) is 5.17. The molecule has 7 nitrogen and oxygen atoms in total. The van der Waals surface area contributed by atoms with Crippen LogP contribution in [-0.4, -0.2) is 47.1 Å². The summed E-state index contributed by atoms with van der Waals surface area (Å²) in [5.41, 5.74) is 2.78. The van der Waals surface area contributed by atoms with Crippen LogP contribution in [0.25, 0.3) is 0 Å². The summed E-state index contributed by atoms with van der Waals surface area (Å²) in [4.78, 5) is 27.6. The van der Waals surface area contributed by atoms with Crippen LogP contribution in [0.4, 0.5) is 8.78 Å². The van der Waals surface area contributed by atoms with Gasteiger partial charge in [-0.15, -0.1) is 0 Å². The first kappa shape index (κ1) is 26.6. The molecule has 0 aromatic heterocycles. The lowest BCUT2D eigenvalue weighted by Crippen LogP contribution is -2.51. The summed E-state index contributed by atoms with van der Waals surface area (Å²) in [6.07, 6.45) is -2.96. The predicted molar refractivity (Wildman–Crippen MR) is 138 cm³/mol. The number of nitrogens with zero attached hydrogens (tertiary/aromatic N) is 1. The Morgan fingerprint density at radius 3 is 2.31 bits per heavy atom. The maximum absolute atomic E-state index is 13.9. The molecule has 2 aliphatic rings. The minimum Gasteiger partial charge on any atom is -0.493 e. The highest BCUT2D eigenvalue weighted by Gasteiger charge is 2.49. The first-order valence-electron chi connectivity index (χ1n) is 12.7. The van der Waals surface area contributed by atoms with Crippen LogP contribution in [0, 0.1) is 0 Å². The van der Waals surface area contributed by atoms with Crippen LogP contribution in [0.3, 0.4) is 0 Å². The summed E-state index contributed by atoms with van der Waals surface area (Å²) in [5.74, 6) is -3.70. The van der Waals surface area contributed by atoms with Gasteiger partial charge in [0.1, 0.15) is 12.6 Å². The fourth-order valence-corrected chi connectivity index (χ4v) is 5.07. The minimum atomic E-state index is -2.82. The molecule has 0 saturated heterocycles. The number of carboxylic acids is 1. The summed E-state index contributed by atoms with van der Waals surface area (Å²) in [6.45, 7) is 0.244. The summed E-state index contributed by atoms with van der Waals surface area (Å²) >= 11 is 0. The SMILES string of the molecule is COc1ccc2c(c1OCc1ccccc1)C[C@H](C(=O)O)N(C(=O)[C@H](OC1CC(F)(F)C1)c1ccccc1)C2. The second-order valence-electron chi connectivity index (χ2n) is 9.85. The normalized spacial score (nSPS) is 18.9. The van der Waals surface area contributed by atoms with Crippen molar-refractivity contribution in [3.63, 3.8) is 0 Å². The molecule has 1 aliphatic carbocycles.